The van der Waals surface area contributed by atoms with Crippen LogP contribution in [-0.4, -0.2) is 0 Å². The summed E-state index contributed by atoms with van der Waals surface area (Å²) >= 11 is 0. The summed E-state index contributed by atoms with van der Waals surface area (Å²) in [6, 6.07) is 8.95. The van der Waals surface area contributed by atoms with Gasteiger partial charge in [0.25, 0.3) is 0 Å². The lowest BCUT2D eigenvalue weighted by molar-refractivity contribution is 0.384. The Labute approximate surface area is 101 Å². The summed E-state index contributed by atoms with van der Waals surface area (Å²) < 4.78 is 0. The first-order valence-corrected chi connectivity index (χ1v) is 6.54. The molecule has 0 aliphatic rings. The normalized spacial score (nSPS) is 12.1. The molecule has 1 aromatic rings. The predicted molar refractivity (Wildman–Crippen MR) is 72.9 cm³/mol. The number of benzene rings is 1. The van der Waals surface area contributed by atoms with Crippen molar-refractivity contribution in [3.05, 3.63) is 35.4 Å². The third kappa shape index (κ3) is 2.87. The van der Waals surface area contributed by atoms with Gasteiger partial charge in [-0.3, -0.25) is 0 Å². The molecule has 0 spiro atoms. The summed E-state index contributed by atoms with van der Waals surface area (Å²) in [5.41, 5.74) is 3.08. The van der Waals surface area contributed by atoms with Crippen LogP contribution in [0.25, 0.3) is 0 Å². The second-order valence-electron chi connectivity index (χ2n) is 5.80. The average Bonchev–Trinajstić information content (AvgIpc) is 2.17. The smallest absolute Gasteiger partial charge is 0.0113 e. The maximum absolute atomic E-state index is 2.34. The van der Waals surface area contributed by atoms with Crippen LogP contribution >= 0.6 is 0 Å². The zero-order valence-electron chi connectivity index (χ0n) is 11.6. The molecule has 0 amide bonds. The fraction of sp³-hybridized carbons (Fsp3) is 0.625. The molecule has 90 valence electrons. The molecule has 0 nitrogen and oxygen atoms in total. The fourth-order valence-corrected chi connectivity index (χ4v) is 2.83. The molecule has 0 heteroatoms. The van der Waals surface area contributed by atoms with Gasteiger partial charge in [-0.25, -0.2) is 0 Å². The second-order valence-corrected chi connectivity index (χ2v) is 5.80. The third-order valence-electron chi connectivity index (χ3n) is 3.41. The average molecular weight is 218 g/mol. The molecule has 0 bridgehead atoms. The van der Waals surface area contributed by atoms with Crippen molar-refractivity contribution in [2.24, 2.45) is 11.8 Å². The monoisotopic (exact) mass is 218 g/mol. The molecule has 0 N–H and O–H groups in total. The van der Waals surface area contributed by atoms with E-state index in [1.54, 1.807) is 5.56 Å². The van der Waals surface area contributed by atoms with Crippen molar-refractivity contribution in [2.75, 3.05) is 0 Å². The topological polar surface area (TPSA) is 0 Å². The van der Waals surface area contributed by atoms with E-state index in [-0.39, 0.29) is 0 Å². The van der Waals surface area contributed by atoms with E-state index in [0.717, 1.165) is 0 Å². The molecule has 0 heterocycles. The van der Waals surface area contributed by atoms with Gasteiger partial charge in [0.05, 0.1) is 0 Å². The van der Waals surface area contributed by atoms with Gasteiger partial charge in [-0.2, -0.15) is 0 Å². The van der Waals surface area contributed by atoms with Gasteiger partial charge in [-0.15, -0.1) is 0 Å². The first kappa shape index (κ1) is 13.3. The minimum Gasteiger partial charge on any atom is -0.0622 e. The molecular formula is C16H26. The van der Waals surface area contributed by atoms with Crippen molar-refractivity contribution in [1.82, 2.24) is 0 Å². The van der Waals surface area contributed by atoms with Gasteiger partial charge < -0.3 is 0 Å². The number of hydrogen-bond donors (Lipinski definition) is 0. The fourth-order valence-electron chi connectivity index (χ4n) is 2.83. The largest absolute Gasteiger partial charge is 0.0622 e. The van der Waals surface area contributed by atoms with Crippen LogP contribution in [0.1, 0.15) is 64.5 Å². The lowest BCUT2D eigenvalue weighted by atomic mass is 9.76. The highest BCUT2D eigenvalue weighted by Gasteiger charge is 2.22. The molecule has 0 fully saturated rings. The first-order chi connectivity index (χ1) is 7.45. The lowest BCUT2D eigenvalue weighted by Gasteiger charge is -2.28. The number of hydrogen-bond acceptors (Lipinski definition) is 0. The minimum absolute atomic E-state index is 0.621. The van der Waals surface area contributed by atoms with E-state index >= 15 is 0 Å². The zero-order valence-corrected chi connectivity index (χ0v) is 11.6. The van der Waals surface area contributed by atoms with Crippen LogP contribution in [0.15, 0.2) is 24.3 Å². The van der Waals surface area contributed by atoms with E-state index in [0.29, 0.717) is 23.7 Å². The van der Waals surface area contributed by atoms with Crippen molar-refractivity contribution in [2.45, 2.75) is 53.4 Å². The molecule has 0 saturated heterocycles. The molecular weight excluding hydrogens is 192 g/mol. The Hall–Kier alpha value is -0.780. The molecule has 0 saturated carbocycles. The SMILES string of the molecule is CC(C)c1ccccc1C(C(C)C)C(C)C. The zero-order chi connectivity index (χ0) is 12.3. The van der Waals surface area contributed by atoms with Crippen LogP contribution in [0.2, 0.25) is 0 Å². The van der Waals surface area contributed by atoms with Crippen LogP contribution in [0, 0.1) is 11.8 Å². The Bertz CT molecular complexity index is 313. The Balaban J connectivity index is 3.18. The standard InChI is InChI=1S/C16H26/c1-11(2)14-9-7-8-10-15(14)16(12(3)4)13(5)6/h7-13,16H,1-6H3. The lowest BCUT2D eigenvalue weighted by Crippen LogP contribution is -2.15. The Morgan fingerprint density at radius 3 is 1.50 bits per heavy atom. The van der Waals surface area contributed by atoms with Gasteiger partial charge in [0, 0.05) is 0 Å². The van der Waals surface area contributed by atoms with Crippen molar-refractivity contribution in [3.8, 4) is 0 Å². The van der Waals surface area contributed by atoms with Crippen LogP contribution < -0.4 is 0 Å². The maximum Gasteiger partial charge on any atom is -0.0113 e. The molecule has 1 aromatic carbocycles. The molecule has 16 heavy (non-hydrogen) atoms. The summed E-state index contributed by atoms with van der Waals surface area (Å²) in [6.45, 7) is 13.9. The molecule has 0 unspecified atom stereocenters. The van der Waals surface area contributed by atoms with Gasteiger partial charge in [0.1, 0.15) is 0 Å². The van der Waals surface area contributed by atoms with Gasteiger partial charge in [0.15, 0.2) is 0 Å². The molecule has 0 aliphatic heterocycles. The molecule has 0 radical (unpaired) electrons. The molecule has 0 aliphatic carbocycles. The summed E-state index contributed by atoms with van der Waals surface area (Å²) in [5, 5.41) is 0. The summed E-state index contributed by atoms with van der Waals surface area (Å²) in [4.78, 5) is 0. The molecule has 1 rings (SSSR count). The summed E-state index contributed by atoms with van der Waals surface area (Å²) in [6.07, 6.45) is 0. The van der Waals surface area contributed by atoms with Crippen molar-refractivity contribution >= 4 is 0 Å². The first-order valence-electron chi connectivity index (χ1n) is 6.54. The molecule has 0 atom stereocenters. The highest BCUT2D eigenvalue weighted by atomic mass is 14.3. The van der Waals surface area contributed by atoms with Crippen molar-refractivity contribution < 1.29 is 0 Å². The Kier molecular flexibility index (Phi) is 4.58. The van der Waals surface area contributed by atoms with E-state index in [9.17, 15) is 0 Å². The minimum atomic E-state index is 0.621. The van der Waals surface area contributed by atoms with E-state index in [2.05, 4.69) is 65.8 Å². The number of rotatable bonds is 4. The van der Waals surface area contributed by atoms with Gasteiger partial charge in [0.2, 0.25) is 0 Å². The van der Waals surface area contributed by atoms with Crippen molar-refractivity contribution in [1.29, 1.82) is 0 Å². The van der Waals surface area contributed by atoms with E-state index in [1.165, 1.54) is 5.56 Å². The van der Waals surface area contributed by atoms with E-state index < -0.39 is 0 Å². The van der Waals surface area contributed by atoms with Gasteiger partial charge in [-0.1, -0.05) is 65.8 Å². The Morgan fingerprint density at radius 2 is 1.12 bits per heavy atom. The van der Waals surface area contributed by atoms with Crippen LogP contribution in [0.4, 0.5) is 0 Å². The predicted octanol–water partition coefficient (Wildman–Crippen LogP) is 5.21. The van der Waals surface area contributed by atoms with Gasteiger partial charge >= 0.3 is 0 Å². The van der Waals surface area contributed by atoms with Crippen LogP contribution in [0.5, 0.6) is 0 Å². The quantitative estimate of drug-likeness (QED) is 0.651. The summed E-state index contributed by atoms with van der Waals surface area (Å²) in [7, 11) is 0. The highest BCUT2D eigenvalue weighted by molar-refractivity contribution is 5.33. The second kappa shape index (κ2) is 5.52. The molecule has 0 aromatic heterocycles. The third-order valence-corrected chi connectivity index (χ3v) is 3.41. The highest BCUT2D eigenvalue weighted by Crippen LogP contribution is 2.36. The summed E-state index contributed by atoms with van der Waals surface area (Å²) in [5.74, 6) is 2.72. The van der Waals surface area contributed by atoms with Gasteiger partial charge in [-0.05, 0) is 34.8 Å². The van der Waals surface area contributed by atoms with E-state index in [1.807, 2.05) is 0 Å². The Morgan fingerprint density at radius 1 is 0.688 bits per heavy atom. The maximum atomic E-state index is 2.34. The van der Waals surface area contributed by atoms with Crippen LogP contribution in [-0.2, 0) is 0 Å². The van der Waals surface area contributed by atoms with Crippen molar-refractivity contribution in [3.63, 3.8) is 0 Å². The van der Waals surface area contributed by atoms with Crippen LogP contribution in [0.3, 0.4) is 0 Å². The van der Waals surface area contributed by atoms with E-state index in [4.69, 9.17) is 0 Å².